The van der Waals surface area contributed by atoms with E-state index in [-0.39, 0.29) is 5.82 Å². The van der Waals surface area contributed by atoms with Gasteiger partial charge in [0.2, 0.25) is 4.96 Å². The van der Waals surface area contributed by atoms with Crippen LogP contribution < -0.4 is 0 Å². The van der Waals surface area contributed by atoms with Crippen molar-refractivity contribution in [3.05, 3.63) is 53.6 Å². The Morgan fingerprint density at radius 1 is 1.23 bits per heavy atom. The van der Waals surface area contributed by atoms with Crippen LogP contribution >= 0.6 is 11.3 Å². The molecule has 8 heteroatoms. The van der Waals surface area contributed by atoms with E-state index in [1.54, 1.807) is 29.8 Å². The van der Waals surface area contributed by atoms with E-state index in [2.05, 4.69) is 20.3 Å². The average Bonchev–Trinajstić information content (AvgIpc) is 3.18. The summed E-state index contributed by atoms with van der Waals surface area (Å²) in [4.78, 5) is 4.94. The van der Waals surface area contributed by atoms with Crippen LogP contribution in [0.1, 0.15) is 17.3 Å². The number of fused-ring (bicyclic) bond motifs is 1. The number of nitrogens with zero attached hydrogens (tertiary/aromatic N) is 5. The first-order valence-corrected chi connectivity index (χ1v) is 7.39. The van der Waals surface area contributed by atoms with Gasteiger partial charge in [0.25, 0.3) is 0 Å². The van der Waals surface area contributed by atoms with E-state index >= 15 is 0 Å². The van der Waals surface area contributed by atoms with Crippen molar-refractivity contribution < 1.29 is 8.81 Å². The first kappa shape index (κ1) is 13.1. The van der Waals surface area contributed by atoms with Crippen LogP contribution in [0.25, 0.3) is 15.7 Å². The molecule has 1 aromatic carbocycles. The van der Waals surface area contributed by atoms with Gasteiger partial charge in [-0.15, -0.1) is 10.2 Å². The molecule has 0 aliphatic heterocycles. The minimum Gasteiger partial charge on any atom is -0.449 e. The smallest absolute Gasteiger partial charge is 0.235 e. The molecule has 4 aromatic rings. The maximum absolute atomic E-state index is 13.0. The van der Waals surface area contributed by atoms with Gasteiger partial charge in [-0.1, -0.05) is 23.5 Å². The summed E-state index contributed by atoms with van der Waals surface area (Å²) in [5.41, 5.74) is 1.63. The molecule has 6 nitrogen and oxygen atoms in total. The van der Waals surface area contributed by atoms with Crippen molar-refractivity contribution in [2.24, 2.45) is 0 Å². The van der Waals surface area contributed by atoms with Gasteiger partial charge in [0.1, 0.15) is 17.8 Å². The second-order valence-corrected chi connectivity index (χ2v) is 5.73. The first-order valence-electron chi connectivity index (χ1n) is 6.57. The molecule has 0 radical (unpaired) electrons. The van der Waals surface area contributed by atoms with Crippen LogP contribution in [0.3, 0.4) is 0 Å². The quantitative estimate of drug-likeness (QED) is 0.581. The summed E-state index contributed by atoms with van der Waals surface area (Å²) >= 11 is 1.39. The van der Waals surface area contributed by atoms with Gasteiger partial charge in [-0.3, -0.25) is 0 Å². The molecule has 0 saturated carbocycles. The van der Waals surface area contributed by atoms with Crippen LogP contribution in [-0.4, -0.2) is 24.8 Å². The molecule has 0 amide bonds. The summed E-state index contributed by atoms with van der Waals surface area (Å²) in [5.74, 6) is 1.03. The van der Waals surface area contributed by atoms with Crippen molar-refractivity contribution in [3.8, 4) is 10.7 Å². The zero-order valence-corrected chi connectivity index (χ0v) is 12.3. The number of aryl methyl sites for hydroxylation is 1. The third-order valence-electron chi connectivity index (χ3n) is 3.17. The van der Waals surface area contributed by atoms with E-state index in [4.69, 9.17) is 4.42 Å². The topological polar surface area (TPSA) is 69.1 Å². The van der Waals surface area contributed by atoms with Crippen LogP contribution in [0.2, 0.25) is 0 Å². The van der Waals surface area contributed by atoms with Gasteiger partial charge in [0, 0.05) is 13.3 Å². The number of oxazole rings is 1. The molecule has 0 aliphatic rings. The minimum atomic E-state index is -0.257. The number of halogens is 1. The van der Waals surface area contributed by atoms with E-state index in [9.17, 15) is 4.39 Å². The molecule has 3 heterocycles. The lowest BCUT2D eigenvalue weighted by Gasteiger charge is -1.98. The number of rotatable bonds is 3. The Labute approximate surface area is 128 Å². The molecule has 0 saturated heterocycles. The molecule has 0 aliphatic carbocycles. The lowest BCUT2D eigenvalue weighted by atomic mass is 10.1. The van der Waals surface area contributed by atoms with Crippen LogP contribution in [0.4, 0.5) is 4.39 Å². The molecule has 0 N–H and O–H groups in total. The lowest BCUT2D eigenvalue weighted by Crippen LogP contribution is -1.97. The summed E-state index contributed by atoms with van der Waals surface area (Å²) in [6, 6.07) is 6.31. The van der Waals surface area contributed by atoms with Gasteiger partial charge in [0.05, 0.1) is 0 Å². The molecule has 22 heavy (non-hydrogen) atoms. The molecule has 0 fully saturated rings. The van der Waals surface area contributed by atoms with Crippen molar-refractivity contribution >= 4 is 16.3 Å². The Hall–Kier alpha value is -2.61. The third-order valence-corrected chi connectivity index (χ3v) is 4.09. The summed E-state index contributed by atoms with van der Waals surface area (Å²) < 4.78 is 19.8. The third kappa shape index (κ3) is 2.27. The molecular weight excluding hydrogens is 305 g/mol. The Morgan fingerprint density at radius 3 is 2.77 bits per heavy atom. The first-order chi connectivity index (χ1) is 10.7. The summed E-state index contributed by atoms with van der Waals surface area (Å²) in [6.45, 7) is 1.78. The van der Waals surface area contributed by atoms with Crippen molar-refractivity contribution in [1.29, 1.82) is 0 Å². The maximum Gasteiger partial charge on any atom is 0.235 e. The van der Waals surface area contributed by atoms with E-state index in [1.807, 2.05) is 0 Å². The fourth-order valence-corrected chi connectivity index (χ4v) is 2.93. The monoisotopic (exact) mass is 315 g/mol. The predicted octanol–water partition coefficient (Wildman–Crippen LogP) is 2.88. The Balaban J connectivity index is 1.70. The van der Waals surface area contributed by atoms with Gasteiger partial charge >= 0.3 is 0 Å². The van der Waals surface area contributed by atoms with Crippen molar-refractivity contribution in [1.82, 2.24) is 24.8 Å². The lowest BCUT2D eigenvalue weighted by molar-refractivity contribution is 0.521. The molecule has 0 unspecified atom stereocenters. The standard InChI is InChI=1S/C14H10FN5OS/c1-8-16-11(7-21-8)13-19-20-12(17-18-14(20)22-13)6-9-2-4-10(15)5-3-9/h2-5,7H,6H2,1H3. The fraction of sp³-hybridized carbons (Fsp3) is 0.143. The zero-order valence-electron chi connectivity index (χ0n) is 11.5. The average molecular weight is 315 g/mol. The van der Waals surface area contributed by atoms with Gasteiger partial charge in [-0.25, -0.2) is 9.37 Å². The minimum absolute atomic E-state index is 0.257. The van der Waals surface area contributed by atoms with Gasteiger partial charge < -0.3 is 4.42 Å². The zero-order chi connectivity index (χ0) is 15.1. The largest absolute Gasteiger partial charge is 0.449 e. The maximum atomic E-state index is 13.0. The number of hydrogen-bond acceptors (Lipinski definition) is 6. The Kier molecular flexibility index (Phi) is 2.97. The van der Waals surface area contributed by atoms with Gasteiger partial charge in [-0.05, 0) is 17.7 Å². The van der Waals surface area contributed by atoms with E-state index in [0.717, 1.165) is 10.6 Å². The normalized spacial score (nSPS) is 11.4. The van der Waals surface area contributed by atoms with Gasteiger partial charge in [-0.2, -0.15) is 9.61 Å². The van der Waals surface area contributed by atoms with Gasteiger partial charge in [0.15, 0.2) is 16.7 Å². The predicted molar refractivity (Wildman–Crippen MR) is 78.1 cm³/mol. The van der Waals surface area contributed by atoms with Crippen LogP contribution in [-0.2, 0) is 6.42 Å². The van der Waals surface area contributed by atoms with Crippen molar-refractivity contribution in [2.75, 3.05) is 0 Å². The highest BCUT2D eigenvalue weighted by atomic mass is 32.1. The van der Waals surface area contributed by atoms with E-state index < -0.39 is 0 Å². The molecule has 110 valence electrons. The highest BCUT2D eigenvalue weighted by molar-refractivity contribution is 7.19. The van der Waals surface area contributed by atoms with Crippen LogP contribution in [0.5, 0.6) is 0 Å². The number of aromatic nitrogens is 5. The molecule has 0 spiro atoms. The number of hydrogen-bond donors (Lipinski definition) is 0. The van der Waals surface area contributed by atoms with E-state index in [0.29, 0.717) is 28.8 Å². The Morgan fingerprint density at radius 2 is 2.05 bits per heavy atom. The molecule has 0 bridgehead atoms. The highest BCUT2D eigenvalue weighted by Crippen LogP contribution is 2.25. The second kappa shape index (κ2) is 4.99. The molecular formula is C14H10FN5OS. The Bertz CT molecular complexity index is 940. The van der Waals surface area contributed by atoms with E-state index in [1.165, 1.54) is 23.5 Å². The number of benzene rings is 1. The van der Waals surface area contributed by atoms with Crippen molar-refractivity contribution in [3.63, 3.8) is 0 Å². The molecule has 0 atom stereocenters. The fourth-order valence-electron chi connectivity index (χ4n) is 2.12. The second-order valence-electron chi connectivity index (χ2n) is 4.77. The summed E-state index contributed by atoms with van der Waals surface area (Å²) in [5, 5.41) is 13.5. The summed E-state index contributed by atoms with van der Waals surface area (Å²) in [6.07, 6.45) is 2.10. The molecule has 4 rings (SSSR count). The van der Waals surface area contributed by atoms with Crippen LogP contribution in [0.15, 0.2) is 34.9 Å². The molecule has 3 aromatic heterocycles. The van der Waals surface area contributed by atoms with Crippen molar-refractivity contribution in [2.45, 2.75) is 13.3 Å². The van der Waals surface area contributed by atoms with Crippen LogP contribution in [0, 0.1) is 12.7 Å². The highest BCUT2D eigenvalue weighted by Gasteiger charge is 2.15. The summed E-state index contributed by atoms with van der Waals surface area (Å²) in [7, 11) is 0. The SMILES string of the molecule is Cc1nc(-c2nn3c(Cc4ccc(F)cc4)nnc3s2)co1.